The molecule has 0 bridgehead atoms. The molecule has 0 atom stereocenters. The Hall–Kier alpha value is -2.94. The van der Waals surface area contributed by atoms with Gasteiger partial charge >= 0.3 is 0 Å². The number of anilines is 2. The van der Waals surface area contributed by atoms with E-state index >= 15 is 0 Å². The Bertz CT molecular complexity index is 1240. The quantitative estimate of drug-likeness (QED) is 0.454. The van der Waals surface area contributed by atoms with Crippen molar-refractivity contribution >= 4 is 50.5 Å². The van der Waals surface area contributed by atoms with E-state index in [9.17, 15) is 13.2 Å². The largest absolute Gasteiger partial charge is 0.497 e. The highest BCUT2D eigenvalue weighted by molar-refractivity contribution is 7.92. The molecule has 0 saturated carbocycles. The van der Waals surface area contributed by atoms with Crippen molar-refractivity contribution in [1.82, 2.24) is 0 Å². The molecule has 0 fully saturated rings. The van der Waals surface area contributed by atoms with Gasteiger partial charge in [0.15, 0.2) is 0 Å². The van der Waals surface area contributed by atoms with Gasteiger partial charge in [-0.25, -0.2) is 8.42 Å². The summed E-state index contributed by atoms with van der Waals surface area (Å²) < 4.78 is 38.7. The molecule has 0 spiro atoms. The van der Waals surface area contributed by atoms with Crippen molar-refractivity contribution in [3.63, 3.8) is 0 Å². The average Bonchev–Trinajstić information content (AvgIpc) is 2.76. The first-order valence-corrected chi connectivity index (χ1v) is 11.9. The highest BCUT2D eigenvalue weighted by atomic mass is 35.5. The number of rotatable bonds is 8. The number of benzene rings is 3. The van der Waals surface area contributed by atoms with Gasteiger partial charge in [-0.2, -0.15) is 0 Å². The van der Waals surface area contributed by atoms with E-state index < -0.39 is 22.5 Å². The lowest BCUT2D eigenvalue weighted by Gasteiger charge is -2.26. The first-order chi connectivity index (χ1) is 15.6. The second-order valence-electron chi connectivity index (χ2n) is 7.07. The molecular formula is C23H22Cl2N2O5S. The zero-order chi connectivity index (χ0) is 24.2. The number of sulfonamides is 1. The molecule has 0 saturated heterocycles. The maximum Gasteiger partial charge on any atom is 0.264 e. The highest BCUT2D eigenvalue weighted by Gasteiger charge is 2.30. The van der Waals surface area contributed by atoms with E-state index in [1.807, 2.05) is 6.92 Å². The van der Waals surface area contributed by atoms with Crippen molar-refractivity contribution in [2.45, 2.75) is 11.8 Å². The average molecular weight is 509 g/mol. The summed E-state index contributed by atoms with van der Waals surface area (Å²) in [5, 5.41) is 3.30. The summed E-state index contributed by atoms with van der Waals surface area (Å²) in [6.07, 6.45) is 0. The summed E-state index contributed by atoms with van der Waals surface area (Å²) in [5.74, 6) is 0.104. The van der Waals surface area contributed by atoms with Crippen molar-refractivity contribution < 1.29 is 22.7 Å². The maximum atomic E-state index is 13.6. The van der Waals surface area contributed by atoms with Crippen molar-refractivity contribution in [3.05, 3.63) is 76.3 Å². The summed E-state index contributed by atoms with van der Waals surface area (Å²) in [5.41, 5.74) is 1.42. The molecule has 7 nitrogen and oxygen atoms in total. The molecule has 1 amide bonds. The number of carbonyl (C=O) groups is 1. The van der Waals surface area contributed by atoms with Crippen LogP contribution in [0, 0.1) is 6.92 Å². The van der Waals surface area contributed by atoms with Crippen LogP contribution in [0.3, 0.4) is 0 Å². The number of carbonyl (C=O) groups excluding carboxylic acids is 1. The summed E-state index contributed by atoms with van der Waals surface area (Å²) in [6.45, 7) is 1.33. The molecule has 0 aliphatic rings. The number of amides is 1. The van der Waals surface area contributed by atoms with E-state index in [2.05, 4.69) is 5.32 Å². The van der Waals surface area contributed by atoms with E-state index in [1.54, 1.807) is 24.3 Å². The fraction of sp³-hybridized carbons (Fsp3) is 0.174. The summed E-state index contributed by atoms with van der Waals surface area (Å²) in [6, 6.07) is 15.5. The van der Waals surface area contributed by atoms with E-state index in [0.29, 0.717) is 21.5 Å². The van der Waals surface area contributed by atoms with E-state index in [1.165, 1.54) is 50.6 Å². The van der Waals surface area contributed by atoms with Gasteiger partial charge < -0.3 is 14.8 Å². The van der Waals surface area contributed by atoms with Crippen LogP contribution in [0.1, 0.15) is 5.56 Å². The molecule has 0 aromatic heterocycles. The van der Waals surface area contributed by atoms with Crippen LogP contribution in [0.15, 0.2) is 65.6 Å². The fourth-order valence-corrected chi connectivity index (χ4v) is 5.04. The Balaban J connectivity index is 2.03. The van der Waals surface area contributed by atoms with Gasteiger partial charge in [-0.15, -0.1) is 0 Å². The fourth-order valence-electron chi connectivity index (χ4n) is 3.09. The lowest BCUT2D eigenvalue weighted by atomic mass is 10.2. The minimum atomic E-state index is -4.13. The van der Waals surface area contributed by atoms with Crippen LogP contribution >= 0.6 is 23.2 Å². The van der Waals surface area contributed by atoms with Crippen LogP contribution < -0.4 is 19.1 Å². The zero-order valence-corrected chi connectivity index (χ0v) is 20.5. The Kier molecular flexibility index (Phi) is 7.73. The topological polar surface area (TPSA) is 84.9 Å². The third-order valence-electron chi connectivity index (χ3n) is 4.70. The summed E-state index contributed by atoms with van der Waals surface area (Å²) in [7, 11) is -1.24. The molecule has 3 aromatic carbocycles. The van der Waals surface area contributed by atoms with E-state index in [0.717, 1.165) is 9.87 Å². The molecule has 1 N–H and O–H groups in total. The van der Waals surface area contributed by atoms with Gasteiger partial charge in [-0.1, -0.05) is 40.9 Å². The van der Waals surface area contributed by atoms with Gasteiger partial charge in [0.1, 0.15) is 18.0 Å². The first kappa shape index (κ1) is 24.7. The zero-order valence-electron chi connectivity index (χ0n) is 18.1. The van der Waals surface area contributed by atoms with Crippen LogP contribution in [0.4, 0.5) is 11.4 Å². The number of hydrogen-bond acceptors (Lipinski definition) is 5. The predicted octanol–water partition coefficient (Wildman–Crippen LogP) is 5.15. The van der Waals surface area contributed by atoms with Crippen molar-refractivity contribution in [3.8, 4) is 11.5 Å². The molecule has 0 radical (unpaired) electrons. The Labute approximate surface area is 202 Å². The first-order valence-electron chi connectivity index (χ1n) is 9.71. The molecular weight excluding hydrogens is 487 g/mol. The number of methoxy groups -OCH3 is 2. The Morgan fingerprint density at radius 1 is 0.939 bits per heavy atom. The SMILES string of the molecule is COc1ccc(N(CC(=O)Nc2cc(Cl)cc(Cl)c2)S(=O)(=O)c2ccc(C)cc2)c(OC)c1. The Morgan fingerprint density at radius 2 is 1.58 bits per heavy atom. The highest BCUT2D eigenvalue weighted by Crippen LogP contribution is 2.35. The summed E-state index contributed by atoms with van der Waals surface area (Å²) in [4.78, 5) is 12.9. The lowest BCUT2D eigenvalue weighted by Crippen LogP contribution is -2.38. The van der Waals surface area contributed by atoms with E-state index in [4.69, 9.17) is 32.7 Å². The standard InChI is InChI=1S/C23H22Cl2N2O5S/c1-15-4-7-20(8-5-15)33(29,30)27(21-9-6-19(31-2)13-22(21)32-3)14-23(28)26-18-11-16(24)10-17(25)12-18/h4-13H,14H2,1-3H3,(H,26,28). The predicted molar refractivity (Wildman–Crippen MR) is 130 cm³/mol. The molecule has 3 aromatic rings. The summed E-state index contributed by atoms with van der Waals surface area (Å²) >= 11 is 12.0. The molecule has 0 aliphatic heterocycles. The number of halogens is 2. The van der Waals surface area contributed by atoms with Gasteiger partial charge in [-0.3, -0.25) is 9.10 Å². The van der Waals surface area contributed by atoms with Gasteiger partial charge in [0, 0.05) is 21.8 Å². The number of ether oxygens (including phenoxy) is 2. The number of hydrogen-bond donors (Lipinski definition) is 1. The minimum Gasteiger partial charge on any atom is -0.497 e. The molecule has 0 aliphatic carbocycles. The van der Waals surface area contributed by atoms with Crippen LogP contribution in [0.25, 0.3) is 0 Å². The smallest absolute Gasteiger partial charge is 0.264 e. The molecule has 33 heavy (non-hydrogen) atoms. The van der Waals surface area contributed by atoms with E-state index in [-0.39, 0.29) is 16.3 Å². The van der Waals surface area contributed by atoms with Crippen molar-refractivity contribution in [2.24, 2.45) is 0 Å². The van der Waals surface area contributed by atoms with Crippen molar-refractivity contribution in [1.29, 1.82) is 0 Å². The van der Waals surface area contributed by atoms with Crippen LogP contribution in [-0.2, 0) is 14.8 Å². The Morgan fingerprint density at radius 3 is 2.15 bits per heavy atom. The third kappa shape index (κ3) is 5.90. The molecule has 0 unspecified atom stereocenters. The van der Waals surface area contributed by atoms with Gasteiger partial charge in [0.25, 0.3) is 10.0 Å². The van der Waals surface area contributed by atoms with Crippen LogP contribution in [0.2, 0.25) is 10.0 Å². The normalized spacial score (nSPS) is 11.1. The maximum absolute atomic E-state index is 13.6. The van der Waals surface area contributed by atoms with Crippen LogP contribution in [0.5, 0.6) is 11.5 Å². The number of aryl methyl sites for hydroxylation is 1. The minimum absolute atomic E-state index is 0.0320. The number of nitrogens with one attached hydrogen (secondary N) is 1. The van der Waals surface area contributed by atoms with Gasteiger partial charge in [0.2, 0.25) is 5.91 Å². The molecule has 174 valence electrons. The lowest BCUT2D eigenvalue weighted by molar-refractivity contribution is -0.114. The van der Waals surface area contributed by atoms with Crippen molar-refractivity contribution in [2.75, 3.05) is 30.4 Å². The second-order valence-corrected chi connectivity index (χ2v) is 9.80. The van der Waals surface area contributed by atoms with Crippen LogP contribution in [-0.4, -0.2) is 35.1 Å². The van der Waals surface area contributed by atoms with Gasteiger partial charge in [0.05, 0.1) is 24.8 Å². The molecule has 10 heteroatoms. The number of nitrogens with zero attached hydrogens (tertiary/aromatic N) is 1. The molecule has 0 heterocycles. The second kappa shape index (κ2) is 10.3. The molecule has 3 rings (SSSR count). The third-order valence-corrected chi connectivity index (χ3v) is 6.91. The monoisotopic (exact) mass is 508 g/mol. The van der Waals surface area contributed by atoms with Gasteiger partial charge in [-0.05, 0) is 49.4 Å².